The third-order valence-electron chi connectivity index (χ3n) is 9.97. The van der Waals surface area contributed by atoms with E-state index in [9.17, 15) is 24.0 Å². The summed E-state index contributed by atoms with van der Waals surface area (Å²) in [6.07, 6.45) is 2.18. The first kappa shape index (κ1) is 41.0. The number of rotatable bonds is 22. The lowest BCUT2D eigenvalue weighted by atomic mass is 9.87. The van der Waals surface area contributed by atoms with Crippen LogP contribution in [0.2, 0.25) is 0 Å². The molecule has 0 spiro atoms. The fourth-order valence-electron chi connectivity index (χ4n) is 6.84. The number of carbonyl (C=O) groups is 5. The lowest BCUT2D eigenvalue weighted by Crippen LogP contribution is -2.50. The highest BCUT2D eigenvalue weighted by Gasteiger charge is 2.50. The number of ether oxygens (including phenoxy) is 2. The Morgan fingerprint density at radius 3 is 1.87 bits per heavy atom. The van der Waals surface area contributed by atoms with Crippen molar-refractivity contribution in [2.75, 3.05) is 39.5 Å². The van der Waals surface area contributed by atoms with Gasteiger partial charge in [0.1, 0.15) is 11.4 Å². The van der Waals surface area contributed by atoms with Crippen molar-refractivity contribution < 1.29 is 33.4 Å². The van der Waals surface area contributed by atoms with Crippen LogP contribution in [0, 0.1) is 23.7 Å². The largest absolute Gasteiger partial charge is 0.379 e. The highest BCUT2D eigenvalue weighted by atomic mass is 16.6. The Kier molecular flexibility index (Phi) is 15.7. The van der Waals surface area contributed by atoms with Crippen LogP contribution < -0.4 is 10.6 Å². The average Bonchev–Trinajstić information content (AvgIpc) is 3.87. The molecule has 0 radical (unpaired) electrons. The molecule has 2 aromatic rings. The number of ketones is 3. The summed E-state index contributed by atoms with van der Waals surface area (Å²) in [5.74, 6) is -2.27. The van der Waals surface area contributed by atoms with Crippen LogP contribution in [0.5, 0.6) is 0 Å². The SMILES string of the molecule is CC(C)CC(NC(=O)[C@@H](CC(=O)[C@H](CC(C)C)NC(=O)[C@H](CCc1ccccc1)CC(=O)CN1CCOCC1)Cc1ccccc1)C(=O)[C@@]1(C)CO1. The van der Waals surface area contributed by atoms with Crippen molar-refractivity contribution in [3.63, 3.8) is 0 Å². The molecule has 10 nitrogen and oxygen atoms in total. The molecule has 2 aliphatic rings. The standard InChI is InChI=1S/C42H59N3O7/c1-29(2)22-36(43-40(49)33(17-16-31-12-8-6-9-13-31)25-35(46)27-45-18-20-51-21-19-45)38(47)26-34(24-32-14-10-7-11-15-32)41(50)44-37(23-30(3)4)39(48)42(5)28-52-42/h6-15,29-30,33-34,36-37H,16-28H2,1-5H3,(H,43,49)(H,44,50)/t33-,34-,36+,37?,42-/m1/s1. The van der Waals surface area contributed by atoms with Gasteiger partial charge in [0.05, 0.1) is 38.4 Å². The van der Waals surface area contributed by atoms with E-state index < -0.39 is 29.5 Å². The molecule has 2 aliphatic heterocycles. The van der Waals surface area contributed by atoms with Crippen molar-refractivity contribution in [1.29, 1.82) is 0 Å². The van der Waals surface area contributed by atoms with Crippen LogP contribution in [-0.4, -0.2) is 91.2 Å². The van der Waals surface area contributed by atoms with Gasteiger partial charge in [-0.2, -0.15) is 0 Å². The molecule has 5 atom stereocenters. The molecule has 0 saturated carbocycles. The third kappa shape index (κ3) is 13.4. The smallest absolute Gasteiger partial charge is 0.224 e. The first-order valence-corrected chi connectivity index (χ1v) is 19.0. The lowest BCUT2D eigenvalue weighted by Gasteiger charge is -2.28. The number of epoxide rings is 1. The normalized spacial score (nSPS) is 19.8. The van der Waals surface area contributed by atoms with E-state index in [2.05, 4.69) is 15.5 Å². The monoisotopic (exact) mass is 717 g/mol. The van der Waals surface area contributed by atoms with Gasteiger partial charge in [-0.25, -0.2) is 0 Å². The summed E-state index contributed by atoms with van der Waals surface area (Å²) in [6, 6.07) is 17.8. The van der Waals surface area contributed by atoms with Crippen molar-refractivity contribution in [2.24, 2.45) is 23.7 Å². The van der Waals surface area contributed by atoms with Crippen molar-refractivity contribution in [3.05, 3.63) is 71.8 Å². The van der Waals surface area contributed by atoms with E-state index in [1.165, 1.54) is 0 Å². The minimum atomic E-state index is -0.898. The first-order valence-electron chi connectivity index (χ1n) is 19.0. The van der Waals surface area contributed by atoms with E-state index in [1.54, 1.807) is 6.92 Å². The number of hydrogen-bond donors (Lipinski definition) is 2. The van der Waals surface area contributed by atoms with Gasteiger partial charge in [-0.1, -0.05) is 88.4 Å². The molecule has 1 unspecified atom stereocenters. The summed E-state index contributed by atoms with van der Waals surface area (Å²) >= 11 is 0. The van der Waals surface area contributed by atoms with Gasteiger partial charge in [-0.3, -0.25) is 28.9 Å². The molecule has 284 valence electrons. The zero-order valence-electron chi connectivity index (χ0n) is 31.7. The van der Waals surface area contributed by atoms with Gasteiger partial charge in [-0.05, 0) is 62.0 Å². The number of hydrogen-bond acceptors (Lipinski definition) is 8. The second kappa shape index (κ2) is 19.9. The number of carbonyl (C=O) groups excluding carboxylic acids is 5. The van der Waals surface area contributed by atoms with Crippen molar-refractivity contribution in [3.8, 4) is 0 Å². The summed E-state index contributed by atoms with van der Waals surface area (Å²) in [5.41, 5.74) is 1.07. The van der Waals surface area contributed by atoms with Gasteiger partial charge in [0.25, 0.3) is 0 Å². The number of aryl methyl sites for hydroxylation is 1. The number of nitrogens with one attached hydrogen (secondary N) is 2. The van der Waals surface area contributed by atoms with Gasteiger partial charge in [-0.15, -0.1) is 0 Å². The molecular weight excluding hydrogens is 658 g/mol. The molecular formula is C42H59N3O7. The summed E-state index contributed by atoms with van der Waals surface area (Å²) in [4.78, 5) is 71.0. The molecule has 2 fully saturated rings. The fourth-order valence-corrected chi connectivity index (χ4v) is 6.84. The molecule has 52 heavy (non-hydrogen) atoms. The van der Waals surface area contributed by atoms with E-state index in [4.69, 9.17) is 9.47 Å². The van der Waals surface area contributed by atoms with E-state index in [1.807, 2.05) is 88.4 Å². The maximum Gasteiger partial charge on any atom is 0.224 e. The summed E-state index contributed by atoms with van der Waals surface area (Å²) in [7, 11) is 0. The highest BCUT2D eigenvalue weighted by molar-refractivity contribution is 5.98. The number of morpholine rings is 1. The Morgan fingerprint density at radius 2 is 1.29 bits per heavy atom. The Morgan fingerprint density at radius 1 is 0.750 bits per heavy atom. The van der Waals surface area contributed by atoms with Crippen LogP contribution >= 0.6 is 0 Å². The fraction of sp³-hybridized carbons (Fsp3) is 0.595. The molecule has 2 N–H and O–H groups in total. The maximum atomic E-state index is 14.2. The first-order chi connectivity index (χ1) is 24.8. The average molecular weight is 718 g/mol. The molecule has 2 heterocycles. The Labute approximate surface area is 309 Å². The van der Waals surface area contributed by atoms with Crippen LogP contribution in [0.25, 0.3) is 0 Å². The molecule has 0 aromatic heterocycles. The Balaban J connectivity index is 1.51. The van der Waals surface area contributed by atoms with Gasteiger partial charge < -0.3 is 20.1 Å². The number of benzene rings is 2. The van der Waals surface area contributed by atoms with Gasteiger partial charge in [0.15, 0.2) is 11.6 Å². The molecule has 0 bridgehead atoms. The minimum absolute atomic E-state index is 0.0163. The topological polar surface area (TPSA) is 134 Å². The summed E-state index contributed by atoms with van der Waals surface area (Å²) in [6.45, 7) is 12.8. The van der Waals surface area contributed by atoms with Crippen LogP contribution in [-0.2, 0) is 46.3 Å². The second-order valence-corrected chi connectivity index (χ2v) is 15.7. The molecule has 2 saturated heterocycles. The van der Waals surface area contributed by atoms with Gasteiger partial charge >= 0.3 is 0 Å². The number of nitrogens with zero attached hydrogens (tertiary/aromatic N) is 1. The third-order valence-corrected chi connectivity index (χ3v) is 9.97. The maximum absolute atomic E-state index is 14.2. The van der Waals surface area contributed by atoms with Crippen LogP contribution in [0.1, 0.15) is 77.8 Å². The second-order valence-electron chi connectivity index (χ2n) is 15.7. The van der Waals surface area contributed by atoms with E-state index >= 15 is 0 Å². The quantitative estimate of drug-likeness (QED) is 0.167. The molecule has 4 rings (SSSR count). The lowest BCUT2D eigenvalue weighted by molar-refractivity contribution is -0.136. The van der Waals surface area contributed by atoms with Gasteiger partial charge in [0, 0.05) is 37.8 Å². The van der Waals surface area contributed by atoms with E-state index in [0.29, 0.717) is 65.0 Å². The van der Waals surface area contributed by atoms with Crippen molar-refractivity contribution in [1.82, 2.24) is 15.5 Å². The van der Waals surface area contributed by atoms with Crippen molar-refractivity contribution in [2.45, 2.75) is 97.2 Å². The molecule has 0 aliphatic carbocycles. The van der Waals surface area contributed by atoms with E-state index in [0.717, 1.165) is 11.1 Å². The van der Waals surface area contributed by atoms with Gasteiger partial charge in [0.2, 0.25) is 11.8 Å². The van der Waals surface area contributed by atoms with Crippen molar-refractivity contribution >= 4 is 29.2 Å². The molecule has 2 amide bonds. The van der Waals surface area contributed by atoms with Crippen LogP contribution in [0.15, 0.2) is 60.7 Å². The molecule has 10 heteroatoms. The minimum Gasteiger partial charge on any atom is -0.379 e. The predicted octanol–water partition coefficient (Wildman–Crippen LogP) is 4.76. The number of Topliss-reactive ketones (excluding diaryl/α,β-unsaturated/α-hetero) is 3. The summed E-state index contributed by atoms with van der Waals surface area (Å²) in [5, 5.41) is 6.03. The molecule has 2 aromatic carbocycles. The number of amides is 2. The zero-order valence-corrected chi connectivity index (χ0v) is 31.7. The Bertz CT molecular complexity index is 1470. The zero-order chi connectivity index (χ0) is 37.7. The van der Waals surface area contributed by atoms with Crippen LogP contribution in [0.3, 0.4) is 0 Å². The predicted molar refractivity (Wildman–Crippen MR) is 201 cm³/mol. The summed E-state index contributed by atoms with van der Waals surface area (Å²) < 4.78 is 10.9. The highest BCUT2D eigenvalue weighted by Crippen LogP contribution is 2.30. The van der Waals surface area contributed by atoms with E-state index in [-0.39, 0.29) is 60.4 Å². The Hall–Kier alpha value is -3.73. The van der Waals surface area contributed by atoms with Crippen LogP contribution in [0.4, 0.5) is 0 Å².